The predicted octanol–water partition coefficient (Wildman–Crippen LogP) is -0.297. The second-order valence-corrected chi connectivity index (χ2v) is 2.98. The Hall–Kier alpha value is -1.10. The van der Waals surface area contributed by atoms with Crippen LogP contribution in [0.25, 0.3) is 0 Å². The van der Waals surface area contributed by atoms with Crippen LogP contribution < -0.4 is 11.1 Å². The fourth-order valence-corrected chi connectivity index (χ4v) is 0.849. The van der Waals surface area contributed by atoms with E-state index in [0.29, 0.717) is 12.8 Å². The van der Waals surface area contributed by atoms with E-state index in [1.165, 1.54) is 6.92 Å². The molecule has 13 heavy (non-hydrogen) atoms. The van der Waals surface area contributed by atoms with Crippen LogP contribution >= 0.6 is 0 Å². The van der Waals surface area contributed by atoms with Crippen LogP contribution in [-0.2, 0) is 9.59 Å². The topological polar surface area (TPSA) is 92.4 Å². The fraction of sp³-hybridized carbons (Fsp3) is 0.750. The minimum Gasteiger partial charge on any atom is -0.480 e. The molecule has 0 aliphatic rings. The Labute approximate surface area is 77.3 Å². The number of carboxylic acid groups (broad SMARTS) is 1. The Balaban J connectivity index is 4.10. The maximum absolute atomic E-state index is 11.0. The van der Waals surface area contributed by atoms with Crippen LogP contribution in [0, 0.1) is 0 Å². The predicted molar refractivity (Wildman–Crippen MR) is 48.1 cm³/mol. The van der Waals surface area contributed by atoms with Gasteiger partial charge in [0.15, 0.2) is 0 Å². The van der Waals surface area contributed by atoms with E-state index in [4.69, 9.17) is 10.8 Å². The van der Waals surface area contributed by atoms with Gasteiger partial charge in [-0.25, -0.2) is 4.79 Å². The molecule has 0 aromatic rings. The zero-order valence-corrected chi connectivity index (χ0v) is 7.91. The normalized spacial score (nSPS) is 14.7. The monoisotopic (exact) mass is 188 g/mol. The maximum Gasteiger partial charge on any atom is 0.326 e. The molecule has 4 N–H and O–H groups in total. The molecular formula is C8H16N2O3. The van der Waals surface area contributed by atoms with Gasteiger partial charge in [-0.3, -0.25) is 4.79 Å². The van der Waals surface area contributed by atoms with Crippen LogP contribution in [0.15, 0.2) is 0 Å². The number of rotatable bonds is 5. The molecule has 5 nitrogen and oxygen atoms in total. The third-order valence-electron chi connectivity index (χ3n) is 1.61. The molecule has 1 unspecified atom stereocenters. The minimum absolute atomic E-state index is 0.424. The van der Waals surface area contributed by atoms with Crippen molar-refractivity contribution in [1.29, 1.82) is 0 Å². The second kappa shape index (κ2) is 5.53. The summed E-state index contributed by atoms with van der Waals surface area (Å²) < 4.78 is 0. The van der Waals surface area contributed by atoms with E-state index in [9.17, 15) is 9.59 Å². The molecule has 76 valence electrons. The third-order valence-corrected chi connectivity index (χ3v) is 1.61. The van der Waals surface area contributed by atoms with E-state index in [-0.39, 0.29) is 0 Å². The number of nitrogens with one attached hydrogen (secondary N) is 1. The van der Waals surface area contributed by atoms with Crippen molar-refractivity contribution in [2.24, 2.45) is 5.73 Å². The number of amides is 1. The molecule has 0 aromatic carbocycles. The standard InChI is InChI=1S/C8H16N2O3/c1-3-4-6(8(12)13)10-7(11)5(2)9/h5-6H,3-4,9H2,1-2H3,(H,10,11)(H,12,13)/t5?,6-/m1/s1. The van der Waals surface area contributed by atoms with Crippen molar-refractivity contribution >= 4 is 11.9 Å². The molecule has 5 heteroatoms. The molecule has 0 fully saturated rings. The van der Waals surface area contributed by atoms with Gasteiger partial charge in [0.2, 0.25) is 5.91 Å². The van der Waals surface area contributed by atoms with E-state index in [1.807, 2.05) is 6.92 Å². The molecule has 0 aliphatic heterocycles. The smallest absolute Gasteiger partial charge is 0.326 e. The Morgan fingerprint density at radius 3 is 2.38 bits per heavy atom. The first kappa shape index (κ1) is 11.9. The number of nitrogens with two attached hydrogens (primary N) is 1. The van der Waals surface area contributed by atoms with Gasteiger partial charge in [0, 0.05) is 0 Å². The number of aliphatic carboxylic acids is 1. The summed E-state index contributed by atoms with van der Waals surface area (Å²) >= 11 is 0. The first-order chi connectivity index (χ1) is 5.99. The molecule has 0 rings (SSSR count). The fourth-order valence-electron chi connectivity index (χ4n) is 0.849. The van der Waals surface area contributed by atoms with Gasteiger partial charge in [-0.05, 0) is 13.3 Å². The van der Waals surface area contributed by atoms with Gasteiger partial charge < -0.3 is 16.2 Å². The van der Waals surface area contributed by atoms with Crippen LogP contribution in [0.2, 0.25) is 0 Å². The van der Waals surface area contributed by atoms with Crippen LogP contribution in [0.5, 0.6) is 0 Å². The molecule has 0 saturated heterocycles. The van der Waals surface area contributed by atoms with Crippen molar-refractivity contribution in [3.63, 3.8) is 0 Å². The maximum atomic E-state index is 11.0. The summed E-state index contributed by atoms with van der Waals surface area (Å²) in [5.74, 6) is -1.45. The van der Waals surface area contributed by atoms with Crippen molar-refractivity contribution in [2.45, 2.75) is 38.8 Å². The molecule has 0 spiro atoms. The van der Waals surface area contributed by atoms with Crippen LogP contribution in [0.4, 0.5) is 0 Å². The zero-order valence-electron chi connectivity index (χ0n) is 7.91. The molecule has 1 amide bonds. The Morgan fingerprint density at radius 1 is 1.54 bits per heavy atom. The highest BCUT2D eigenvalue weighted by Crippen LogP contribution is 1.96. The number of hydrogen-bond acceptors (Lipinski definition) is 3. The van der Waals surface area contributed by atoms with Crippen molar-refractivity contribution in [2.75, 3.05) is 0 Å². The number of carbonyl (C=O) groups is 2. The zero-order chi connectivity index (χ0) is 10.4. The van der Waals surface area contributed by atoms with Crippen LogP contribution in [-0.4, -0.2) is 29.1 Å². The van der Waals surface area contributed by atoms with Crippen molar-refractivity contribution in [1.82, 2.24) is 5.32 Å². The lowest BCUT2D eigenvalue weighted by molar-refractivity contribution is -0.142. The van der Waals surface area contributed by atoms with Crippen LogP contribution in [0.3, 0.4) is 0 Å². The van der Waals surface area contributed by atoms with Crippen molar-refractivity contribution in [3.05, 3.63) is 0 Å². The van der Waals surface area contributed by atoms with Gasteiger partial charge >= 0.3 is 5.97 Å². The second-order valence-electron chi connectivity index (χ2n) is 2.98. The molecular weight excluding hydrogens is 172 g/mol. The first-order valence-electron chi connectivity index (χ1n) is 4.27. The summed E-state index contributed by atoms with van der Waals surface area (Å²) in [6.07, 6.45) is 1.13. The molecule has 2 atom stereocenters. The average molecular weight is 188 g/mol. The lowest BCUT2D eigenvalue weighted by atomic mass is 10.1. The number of hydrogen-bond donors (Lipinski definition) is 3. The van der Waals surface area contributed by atoms with E-state index < -0.39 is 24.0 Å². The van der Waals surface area contributed by atoms with Gasteiger partial charge in [0.1, 0.15) is 6.04 Å². The van der Waals surface area contributed by atoms with Gasteiger partial charge in [-0.2, -0.15) is 0 Å². The molecule has 0 saturated carbocycles. The summed E-state index contributed by atoms with van der Waals surface area (Å²) in [6, 6.07) is -1.48. The SMILES string of the molecule is CCC[C@@H](NC(=O)C(C)N)C(=O)O. The lowest BCUT2D eigenvalue weighted by Crippen LogP contribution is -2.47. The largest absolute Gasteiger partial charge is 0.480 e. The third kappa shape index (κ3) is 4.47. The number of carboxylic acids is 1. The van der Waals surface area contributed by atoms with Crippen LogP contribution in [0.1, 0.15) is 26.7 Å². The van der Waals surface area contributed by atoms with E-state index in [2.05, 4.69) is 5.32 Å². The summed E-state index contributed by atoms with van der Waals surface area (Å²) in [7, 11) is 0. The molecule has 0 bridgehead atoms. The lowest BCUT2D eigenvalue weighted by Gasteiger charge is -2.14. The Morgan fingerprint density at radius 2 is 2.08 bits per heavy atom. The van der Waals surface area contributed by atoms with Gasteiger partial charge in [-0.15, -0.1) is 0 Å². The van der Waals surface area contributed by atoms with Gasteiger partial charge in [0.05, 0.1) is 6.04 Å². The Bertz CT molecular complexity index is 192. The molecule has 0 radical (unpaired) electrons. The summed E-state index contributed by atoms with van der Waals surface area (Å²) in [4.78, 5) is 21.6. The van der Waals surface area contributed by atoms with Gasteiger partial charge in [0.25, 0.3) is 0 Å². The molecule has 0 aromatic heterocycles. The summed E-state index contributed by atoms with van der Waals surface area (Å²) in [6.45, 7) is 3.37. The van der Waals surface area contributed by atoms with Crippen molar-refractivity contribution in [3.8, 4) is 0 Å². The quantitative estimate of drug-likeness (QED) is 0.552. The van der Waals surface area contributed by atoms with E-state index in [1.54, 1.807) is 0 Å². The summed E-state index contributed by atoms with van der Waals surface area (Å²) in [5, 5.41) is 11.0. The Kier molecular flexibility index (Phi) is 5.06. The van der Waals surface area contributed by atoms with E-state index >= 15 is 0 Å². The number of carbonyl (C=O) groups excluding carboxylic acids is 1. The first-order valence-corrected chi connectivity index (χ1v) is 4.27. The average Bonchev–Trinajstić information content (AvgIpc) is 2.03. The van der Waals surface area contributed by atoms with E-state index in [0.717, 1.165) is 0 Å². The molecule has 0 aliphatic carbocycles. The van der Waals surface area contributed by atoms with Crippen molar-refractivity contribution < 1.29 is 14.7 Å². The summed E-state index contributed by atoms with van der Waals surface area (Å²) in [5.41, 5.74) is 5.28. The highest BCUT2D eigenvalue weighted by atomic mass is 16.4. The molecule has 0 heterocycles. The minimum atomic E-state index is -1.02. The van der Waals surface area contributed by atoms with Gasteiger partial charge in [-0.1, -0.05) is 13.3 Å². The highest BCUT2D eigenvalue weighted by Gasteiger charge is 2.19. The highest BCUT2D eigenvalue weighted by molar-refractivity contribution is 5.86.